The fraction of sp³-hybridized carbons (Fsp3) is 0.895. The van der Waals surface area contributed by atoms with Crippen LogP contribution in [0.4, 0.5) is 4.79 Å². The van der Waals surface area contributed by atoms with Crippen LogP contribution in [0.2, 0.25) is 0 Å². The summed E-state index contributed by atoms with van der Waals surface area (Å²) in [5.41, 5.74) is 0.161. The molecule has 3 saturated heterocycles. The number of hydrogen-bond donors (Lipinski definition) is 1. The van der Waals surface area contributed by atoms with Gasteiger partial charge < -0.3 is 24.6 Å². The van der Waals surface area contributed by atoms with E-state index in [9.17, 15) is 9.59 Å². The molecule has 3 heterocycles. The highest BCUT2D eigenvalue weighted by Crippen LogP contribution is 2.43. The number of hydrogen-bond acceptors (Lipinski definition) is 5. The summed E-state index contributed by atoms with van der Waals surface area (Å²) in [5, 5.41) is 2.97. The van der Waals surface area contributed by atoms with Gasteiger partial charge in [0.2, 0.25) is 5.91 Å². The zero-order valence-corrected chi connectivity index (χ0v) is 16.7. The van der Waals surface area contributed by atoms with Crippen molar-refractivity contribution in [1.29, 1.82) is 0 Å². The Labute approximate surface area is 162 Å². The van der Waals surface area contributed by atoms with Crippen molar-refractivity contribution in [2.45, 2.75) is 31.7 Å². The van der Waals surface area contributed by atoms with E-state index in [2.05, 4.69) is 17.3 Å². The molecule has 3 fully saturated rings. The van der Waals surface area contributed by atoms with E-state index in [1.165, 1.54) is 0 Å². The average molecular weight is 383 g/mol. The topological polar surface area (TPSA) is 74.3 Å². The van der Waals surface area contributed by atoms with Gasteiger partial charge in [-0.2, -0.15) is 0 Å². The normalized spacial score (nSPS) is 25.8. The number of ether oxygens (including phenoxy) is 2. The molecule has 3 amide bonds. The molecule has 0 aliphatic carbocycles. The van der Waals surface area contributed by atoms with Crippen LogP contribution in [0, 0.1) is 5.41 Å². The van der Waals surface area contributed by atoms with Crippen molar-refractivity contribution in [3.63, 3.8) is 0 Å². The summed E-state index contributed by atoms with van der Waals surface area (Å²) in [6.07, 6.45) is 3.67. The number of carbonyl (C=O) groups is 2. The first-order valence-corrected chi connectivity index (χ1v) is 10.1. The van der Waals surface area contributed by atoms with Crippen LogP contribution in [0.15, 0.2) is 0 Å². The molecule has 0 aromatic rings. The third kappa shape index (κ3) is 4.92. The third-order valence-corrected chi connectivity index (χ3v) is 6.26. The maximum Gasteiger partial charge on any atom is 0.317 e. The number of amides is 3. The first-order chi connectivity index (χ1) is 13.0. The molecular weight excluding hydrogens is 348 g/mol. The minimum absolute atomic E-state index is 0.0215. The number of urea groups is 1. The molecule has 1 atom stereocenters. The number of likely N-dealkylation sites (tertiary alicyclic amines) is 2. The predicted molar refractivity (Wildman–Crippen MR) is 102 cm³/mol. The second kappa shape index (κ2) is 9.21. The quantitative estimate of drug-likeness (QED) is 0.696. The monoisotopic (exact) mass is 382 g/mol. The molecule has 0 bridgehead atoms. The van der Waals surface area contributed by atoms with Crippen molar-refractivity contribution in [3.8, 4) is 0 Å². The molecule has 154 valence electrons. The van der Waals surface area contributed by atoms with Gasteiger partial charge in [-0.05, 0) is 38.1 Å². The van der Waals surface area contributed by atoms with Gasteiger partial charge >= 0.3 is 6.03 Å². The molecule has 8 heteroatoms. The van der Waals surface area contributed by atoms with E-state index in [1.807, 2.05) is 9.80 Å². The molecule has 8 nitrogen and oxygen atoms in total. The molecule has 3 aliphatic heterocycles. The second-order valence-electron chi connectivity index (χ2n) is 8.14. The molecule has 1 N–H and O–H groups in total. The summed E-state index contributed by atoms with van der Waals surface area (Å²) in [5.74, 6) is 0.246. The number of likely N-dealkylation sites (N-methyl/N-ethyl adjacent to an activating group) is 1. The number of methoxy groups -OCH3 is 1. The van der Waals surface area contributed by atoms with E-state index < -0.39 is 0 Å². The SMILES string of the molecule is COCCCNC(=O)N1CCC2(CC1)CC(C(=O)N1CCOCC1)N(C)C2. The van der Waals surface area contributed by atoms with Gasteiger partial charge in [0.15, 0.2) is 0 Å². The highest BCUT2D eigenvalue weighted by molar-refractivity contribution is 5.82. The summed E-state index contributed by atoms with van der Waals surface area (Å²) in [6, 6.07) is -0.00855. The lowest BCUT2D eigenvalue weighted by atomic mass is 9.76. The van der Waals surface area contributed by atoms with Crippen molar-refractivity contribution >= 4 is 11.9 Å². The maximum atomic E-state index is 12.9. The van der Waals surface area contributed by atoms with Gasteiger partial charge in [0.1, 0.15) is 0 Å². The Kier molecular flexibility index (Phi) is 6.94. The minimum Gasteiger partial charge on any atom is -0.385 e. The Morgan fingerprint density at radius 3 is 2.52 bits per heavy atom. The van der Waals surface area contributed by atoms with Crippen molar-refractivity contribution in [3.05, 3.63) is 0 Å². The average Bonchev–Trinajstić information content (AvgIpc) is 3.01. The standard InChI is InChI=1S/C19H34N4O4/c1-21-15-19(14-16(21)17(24)22-9-12-27-13-10-22)4-7-23(8-5-19)18(25)20-6-3-11-26-2/h16H,3-15H2,1-2H3,(H,20,25). The van der Waals surface area contributed by atoms with Crippen LogP contribution in [-0.2, 0) is 14.3 Å². The lowest BCUT2D eigenvalue weighted by Gasteiger charge is -2.39. The van der Waals surface area contributed by atoms with Gasteiger partial charge in [-0.3, -0.25) is 9.69 Å². The molecule has 0 aromatic carbocycles. The predicted octanol–water partition coefficient (Wildman–Crippen LogP) is 0.378. The Morgan fingerprint density at radius 1 is 1.15 bits per heavy atom. The van der Waals surface area contributed by atoms with Gasteiger partial charge in [0, 0.05) is 53.0 Å². The first-order valence-electron chi connectivity index (χ1n) is 10.1. The Bertz CT molecular complexity index is 516. The second-order valence-corrected chi connectivity index (χ2v) is 8.14. The number of nitrogens with one attached hydrogen (secondary N) is 1. The maximum absolute atomic E-state index is 12.9. The van der Waals surface area contributed by atoms with Crippen LogP contribution < -0.4 is 5.32 Å². The van der Waals surface area contributed by atoms with Crippen LogP contribution in [0.25, 0.3) is 0 Å². The molecule has 0 aromatic heterocycles. The molecule has 0 radical (unpaired) electrons. The fourth-order valence-corrected chi connectivity index (χ4v) is 4.61. The molecule has 0 saturated carbocycles. The van der Waals surface area contributed by atoms with Gasteiger partial charge in [0.05, 0.1) is 19.3 Å². The van der Waals surface area contributed by atoms with Crippen LogP contribution in [0.1, 0.15) is 25.7 Å². The summed E-state index contributed by atoms with van der Waals surface area (Å²) in [7, 11) is 3.73. The van der Waals surface area contributed by atoms with E-state index >= 15 is 0 Å². The Balaban J connectivity index is 1.48. The lowest BCUT2D eigenvalue weighted by molar-refractivity contribution is -0.139. The zero-order chi connectivity index (χ0) is 19.3. The third-order valence-electron chi connectivity index (χ3n) is 6.26. The fourth-order valence-electron chi connectivity index (χ4n) is 4.61. The molecule has 27 heavy (non-hydrogen) atoms. The smallest absolute Gasteiger partial charge is 0.317 e. The number of rotatable bonds is 5. The number of carbonyl (C=O) groups excluding carboxylic acids is 2. The molecule has 1 unspecified atom stereocenters. The lowest BCUT2D eigenvalue weighted by Crippen LogP contribution is -2.49. The number of piperidine rings is 1. The highest BCUT2D eigenvalue weighted by atomic mass is 16.5. The van der Waals surface area contributed by atoms with E-state index in [0.717, 1.165) is 45.3 Å². The van der Waals surface area contributed by atoms with Crippen LogP contribution in [0.3, 0.4) is 0 Å². The van der Waals surface area contributed by atoms with E-state index in [4.69, 9.17) is 9.47 Å². The number of nitrogens with zero attached hydrogens (tertiary/aromatic N) is 3. The van der Waals surface area contributed by atoms with E-state index in [-0.39, 0.29) is 23.4 Å². The molecule has 3 rings (SSSR count). The van der Waals surface area contributed by atoms with Gasteiger partial charge in [0.25, 0.3) is 0 Å². The van der Waals surface area contributed by atoms with Crippen LogP contribution in [0.5, 0.6) is 0 Å². The van der Waals surface area contributed by atoms with E-state index in [0.29, 0.717) is 39.5 Å². The summed E-state index contributed by atoms with van der Waals surface area (Å²) < 4.78 is 10.4. The summed E-state index contributed by atoms with van der Waals surface area (Å²) in [4.78, 5) is 31.3. The van der Waals surface area contributed by atoms with Gasteiger partial charge in [-0.15, -0.1) is 0 Å². The van der Waals surface area contributed by atoms with Crippen LogP contribution >= 0.6 is 0 Å². The van der Waals surface area contributed by atoms with Gasteiger partial charge in [-0.1, -0.05) is 0 Å². The molecule has 1 spiro atoms. The largest absolute Gasteiger partial charge is 0.385 e. The van der Waals surface area contributed by atoms with E-state index in [1.54, 1.807) is 7.11 Å². The van der Waals surface area contributed by atoms with Crippen molar-refractivity contribution in [1.82, 2.24) is 20.0 Å². The van der Waals surface area contributed by atoms with Crippen LogP contribution in [-0.4, -0.2) is 106 Å². The van der Waals surface area contributed by atoms with Gasteiger partial charge in [-0.25, -0.2) is 4.79 Å². The zero-order valence-electron chi connectivity index (χ0n) is 16.7. The summed E-state index contributed by atoms with van der Waals surface area (Å²) in [6.45, 7) is 6.47. The van der Waals surface area contributed by atoms with Crippen molar-refractivity contribution in [2.24, 2.45) is 5.41 Å². The van der Waals surface area contributed by atoms with Crippen molar-refractivity contribution in [2.75, 3.05) is 73.2 Å². The summed E-state index contributed by atoms with van der Waals surface area (Å²) >= 11 is 0. The molecule has 3 aliphatic rings. The number of morpholine rings is 1. The highest BCUT2D eigenvalue weighted by Gasteiger charge is 2.48. The Morgan fingerprint density at radius 2 is 1.85 bits per heavy atom. The minimum atomic E-state index is -0.0301. The van der Waals surface area contributed by atoms with Crippen molar-refractivity contribution < 1.29 is 19.1 Å². The Hall–Kier alpha value is -1.38. The molecular formula is C19H34N4O4. The first kappa shape index (κ1) is 20.4.